The van der Waals surface area contributed by atoms with Gasteiger partial charge in [0.05, 0.1) is 12.0 Å². The zero-order valence-electron chi connectivity index (χ0n) is 13.6. The van der Waals surface area contributed by atoms with E-state index in [1.165, 1.54) is 11.1 Å². The van der Waals surface area contributed by atoms with E-state index in [2.05, 4.69) is 35.8 Å². The fraction of sp³-hybridized carbons (Fsp3) is 0.190. The number of benzene rings is 2. The van der Waals surface area contributed by atoms with E-state index in [9.17, 15) is 0 Å². The molecule has 0 fully saturated rings. The lowest BCUT2D eigenvalue weighted by atomic mass is 9.89. The van der Waals surface area contributed by atoms with E-state index < -0.39 is 0 Å². The molecule has 120 valence electrons. The van der Waals surface area contributed by atoms with Crippen LogP contribution in [0.2, 0.25) is 0 Å². The maximum Gasteiger partial charge on any atom is 0.129 e. The number of fused-ring (bicyclic) bond motifs is 1. The first kappa shape index (κ1) is 14.8. The van der Waals surface area contributed by atoms with E-state index in [-0.39, 0.29) is 6.10 Å². The van der Waals surface area contributed by atoms with Crippen LogP contribution in [0.25, 0.3) is 5.70 Å². The van der Waals surface area contributed by atoms with Crippen LogP contribution < -0.4 is 4.74 Å². The fourth-order valence-corrected chi connectivity index (χ4v) is 3.35. The molecule has 0 spiro atoms. The maximum atomic E-state index is 6.44. The highest BCUT2D eigenvalue weighted by Gasteiger charge is 2.22. The van der Waals surface area contributed by atoms with Crippen molar-refractivity contribution in [3.8, 4) is 5.75 Å². The lowest BCUT2D eigenvalue weighted by molar-refractivity contribution is 0.183. The van der Waals surface area contributed by atoms with Crippen LogP contribution in [0.3, 0.4) is 0 Å². The number of nitrogens with zero attached hydrogens (tertiary/aromatic N) is 2. The average molecular weight is 316 g/mol. The molecule has 0 radical (unpaired) electrons. The first-order chi connectivity index (χ1) is 11.8. The Labute approximate surface area is 142 Å². The number of hydrogen-bond acceptors (Lipinski definition) is 2. The van der Waals surface area contributed by atoms with Crippen LogP contribution in [0.5, 0.6) is 5.75 Å². The van der Waals surface area contributed by atoms with Crippen molar-refractivity contribution < 1.29 is 4.74 Å². The Kier molecular flexibility index (Phi) is 3.91. The van der Waals surface area contributed by atoms with Crippen LogP contribution in [0.15, 0.2) is 73.8 Å². The molecule has 4 rings (SSSR count). The van der Waals surface area contributed by atoms with Crippen molar-refractivity contribution in [3.05, 3.63) is 90.5 Å². The number of aryl methyl sites for hydroxylation is 1. The standard InChI is InChI=1S/C21H20N2O/c1-16(23-14-13-22-15-23)18-9-4-5-11-20(18)24-21-12-6-8-17-7-2-3-10-19(17)21/h2-5,7,9-11,13-15,21H,1,6,8,12H2. The third kappa shape index (κ3) is 2.73. The normalized spacial score (nSPS) is 16.4. The molecule has 1 atom stereocenters. The van der Waals surface area contributed by atoms with Gasteiger partial charge in [-0.15, -0.1) is 0 Å². The summed E-state index contributed by atoms with van der Waals surface area (Å²) in [6, 6.07) is 16.7. The number of aromatic nitrogens is 2. The highest BCUT2D eigenvalue weighted by atomic mass is 16.5. The highest BCUT2D eigenvalue weighted by Crippen LogP contribution is 2.36. The minimum atomic E-state index is 0.103. The van der Waals surface area contributed by atoms with Crippen molar-refractivity contribution in [1.82, 2.24) is 9.55 Å². The number of imidazole rings is 1. The largest absolute Gasteiger partial charge is 0.485 e. The Morgan fingerprint density at radius 1 is 1.12 bits per heavy atom. The molecule has 1 aliphatic carbocycles. The van der Waals surface area contributed by atoms with E-state index in [1.807, 2.05) is 35.0 Å². The molecule has 0 bridgehead atoms. The smallest absolute Gasteiger partial charge is 0.129 e. The van der Waals surface area contributed by atoms with Gasteiger partial charge in [-0.1, -0.05) is 43.0 Å². The molecule has 1 heterocycles. The third-order valence-corrected chi connectivity index (χ3v) is 4.60. The van der Waals surface area contributed by atoms with Crippen LogP contribution >= 0.6 is 0 Å². The fourth-order valence-electron chi connectivity index (χ4n) is 3.35. The first-order valence-electron chi connectivity index (χ1n) is 8.34. The predicted molar refractivity (Wildman–Crippen MR) is 95.9 cm³/mol. The topological polar surface area (TPSA) is 27.1 Å². The summed E-state index contributed by atoms with van der Waals surface area (Å²) in [5.74, 6) is 0.873. The summed E-state index contributed by atoms with van der Waals surface area (Å²) in [7, 11) is 0. The van der Waals surface area contributed by atoms with Gasteiger partial charge in [0.25, 0.3) is 0 Å². The quantitative estimate of drug-likeness (QED) is 0.687. The van der Waals surface area contributed by atoms with Gasteiger partial charge >= 0.3 is 0 Å². The van der Waals surface area contributed by atoms with Crippen molar-refractivity contribution in [2.45, 2.75) is 25.4 Å². The summed E-state index contributed by atoms with van der Waals surface area (Å²) in [6.45, 7) is 4.21. The Hall–Kier alpha value is -2.81. The molecule has 2 aromatic carbocycles. The minimum absolute atomic E-state index is 0.103. The van der Waals surface area contributed by atoms with E-state index in [4.69, 9.17) is 4.74 Å². The van der Waals surface area contributed by atoms with Crippen LogP contribution in [0.1, 0.15) is 35.6 Å². The molecule has 3 nitrogen and oxygen atoms in total. The van der Waals surface area contributed by atoms with Crippen LogP contribution in [0.4, 0.5) is 0 Å². The number of hydrogen-bond donors (Lipinski definition) is 0. The van der Waals surface area contributed by atoms with Crippen molar-refractivity contribution >= 4 is 5.70 Å². The SMILES string of the molecule is C=C(c1ccccc1OC1CCCc2ccccc21)n1ccnc1. The van der Waals surface area contributed by atoms with Gasteiger partial charge < -0.3 is 9.30 Å². The molecule has 0 saturated heterocycles. The molecule has 0 N–H and O–H groups in total. The Bertz CT molecular complexity index is 852. The molecule has 3 heteroatoms. The number of rotatable bonds is 4. The highest BCUT2D eigenvalue weighted by molar-refractivity contribution is 5.68. The Morgan fingerprint density at radius 3 is 2.83 bits per heavy atom. The van der Waals surface area contributed by atoms with E-state index in [1.54, 1.807) is 12.5 Å². The molecule has 0 amide bonds. The van der Waals surface area contributed by atoms with Crippen LogP contribution in [-0.4, -0.2) is 9.55 Å². The van der Waals surface area contributed by atoms with Crippen molar-refractivity contribution in [3.63, 3.8) is 0 Å². The molecular formula is C21H20N2O. The molecule has 3 aromatic rings. The summed E-state index contributed by atoms with van der Waals surface area (Å²) in [6.07, 6.45) is 8.86. The van der Waals surface area contributed by atoms with Crippen molar-refractivity contribution in [2.75, 3.05) is 0 Å². The van der Waals surface area contributed by atoms with Crippen LogP contribution in [-0.2, 0) is 6.42 Å². The second kappa shape index (κ2) is 6.36. The number of para-hydroxylation sites is 1. The molecular weight excluding hydrogens is 296 g/mol. The maximum absolute atomic E-state index is 6.44. The second-order valence-electron chi connectivity index (χ2n) is 6.11. The third-order valence-electron chi connectivity index (χ3n) is 4.60. The zero-order chi connectivity index (χ0) is 16.4. The summed E-state index contributed by atoms with van der Waals surface area (Å²) >= 11 is 0. The van der Waals surface area contributed by atoms with Gasteiger partial charge in [0.2, 0.25) is 0 Å². The van der Waals surface area contributed by atoms with Crippen molar-refractivity contribution in [2.24, 2.45) is 0 Å². The zero-order valence-corrected chi connectivity index (χ0v) is 13.6. The summed E-state index contributed by atoms with van der Waals surface area (Å²) in [4.78, 5) is 4.11. The van der Waals surface area contributed by atoms with Gasteiger partial charge in [-0.05, 0) is 42.5 Å². The van der Waals surface area contributed by atoms with Gasteiger partial charge in [0.1, 0.15) is 11.9 Å². The lowest BCUT2D eigenvalue weighted by Gasteiger charge is -2.27. The minimum Gasteiger partial charge on any atom is -0.485 e. The second-order valence-corrected chi connectivity index (χ2v) is 6.11. The molecule has 24 heavy (non-hydrogen) atoms. The molecule has 1 aromatic heterocycles. The van der Waals surface area contributed by atoms with Crippen molar-refractivity contribution in [1.29, 1.82) is 0 Å². The van der Waals surface area contributed by atoms with E-state index in [0.29, 0.717) is 0 Å². The van der Waals surface area contributed by atoms with Crippen LogP contribution in [0, 0.1) is 0 Å². The Morgan fingerprint density at radius 2 is 1.96 bits per heavy atom. The lowest BCUT2D eigenvalue weighted by Crippen LogP contribution is -2.16. The number of ether oxygens (including phenoxy) is 1. The Balaban J connectivity index is 1.66. The average Bonchev–Trinajstić information content (AvgIpc) is 3.17. The van der Waals surface area contributed by atoms with Gasteiger partial charge in [-0.3, -0.25) is 0 Å². The van der Waals surface area contributed by atoms with Gasteiger partial charge in [-0.25, -0.2) is 4.98 Å². The van der Waals surface area contributed by atoms with Gasteiger partial charge in [0, 0.05) is 18.0 Å². The molecule has 1 unspecified atom stereocenters. The van der Waals surface area contributed by atoms with E-state index >= 15 is 0 Å². The molecule has 0 aliphatic heterocycles. The summed E-state index contributed by atoms with van der Waals surface area (Å²) < 4.78 is 8.35. The van der Waals surface area contributed by atoms with E-state index in [0.717, 1.165) is 36.3 Å². The first-order valence-corrected chi connectivity index (χ1v) is 8.34. The summed E-state index contributed by atoms with van der Waals surface area (Å²) in [5.41, 5.74) is 4.58. The van der Waals surface area contributed by atoms with Gasteiger partial charge in [-0.2, -0.15) is 0 Å². The molecule has 1 aliphatic rings. The monoisotopic (exact) mass is 316 g/mol. The predicted octanol–water partition coefficient (Wildman–Crippen LogP) is 4.86. The summed E-state index contributed by atoms with van der Waals surface area (Å²) in [5, 5.41) is 0. The van der Waals surface area contributed by atoms with Gasteiger partial charge in [0.15, 0.2) is 0 Å². The molecule has 0 saturated carbocycles.